The van der Waals surface area contributed by atoms with Crippen molar-refractivity contribution in [3.63, 3.8) is 0 Å². The van der Waals surface area contributed by atoms with Gasteiger partial charge >= 0.3 is 18.0 Å². The van der Waals surface area contributed by atoms with Crippen LogP contribution in [0.5, 0.6) is 0 Å². The lowest BCUT2D eigenvalue weighted by Gasteiger charge is -2.61. The number of nitrogens with two attached hydrogens (primary N) is 2. The highest BCUT2D eigenvalue weighted by atomic mass is 19.3. The monoisotopic (exact) mass is 672 g/mol. The molecular weight excluding hydrogens is 614 g/mol. The molecule has 0 saturated heterocycles. The van der Waals surface area contributed by atoms with Crippen LogP contribution in [0.3, 0.4) is 0 Å². The number of halogens is 6. The zero-order valence-electron chi connectivity index (χ0n) is 29.3. The summed E-state index contributed by atoms with van der Waals surface area (Å²) in [6.45, 7) is 12.2. The minimum absolute atomic E-state index is 0.0519. The van der Waals surface area contributed by atoms with Gasteiger partial charge in [-0.1, -0.05) is 54.4 Å². The van der Waals surface area contributed by atoms with E-state index in [0.717, 1.165) is 42.2 Å². The quantitative estimate of drug-likeness (QED) is 0.182. The van der Waals surface area contributed by atoms with E-state index in [0.29, 0.717) is 35.2 Å². The number of ether oxygens (including phenoxy) is 1. The van der Waals surface area contributed by atoms with Gasteiger partial charge in [-0.2, -0.15) is 26.3 Å². The molecule has 4 fully saturated rings. The Morgan fingerprint density at radius 3 is 2.21 bits per heavy atom. The SMILES string of the molecule is CC(COC(F)(F)C(F)(F)C(F)(F)c1ccc(N)cc1N)C(C)(C)CC[C@@H](C)[C@H]1CC[C@H]2[C@@H]3CCC4CCCC[C@]4(C)[C@H]3CC[C@]12C. The maximum Gasteiger partial charge on any atom is 0.426 e. The highest BCUT2D eigenvalue weighted by molar-refractivity contribution is 5.58. The van der Waals surface area contributed by atoms with Gasteiger partial charge in [0.1, 0.15) is 0 Å². The van der Waals surface area contributed by atoms with Crippen molar-refractivity contribution >= 4 is 11.4 Å². The lowest BCUT2D eigenvalue weighted by Crippen LogP contribution is -2.54. The maximum atomic E-state index is 14.8. The molecule has 0 aromatic heterocycles. The number of anilines is 2. The van der Waals surface area contributed by atoms with Gasteiger partial charge in [0.05, 0.1) is 12.2 Å². The van der Waals surface area contributed by atoms with Gasteiger partial charge in [0, 0.05) is 11.4 Å². The van der Waals surface area contributed by atoms with Crippen molar-refractivity contribution in [3.8, 4) is 0 Å². The molecule has 4 N–H and O–H groups in total. The molecule has 1 aromatic carbocycles. The summed E-state index contributed by atoms with van der Waals surface area (Å²) in [5.74, 6) is -7.35. The van der Waals surface area contributed by atoms with Crippen LogP contribution in [-0.2, 0) is 10.7 Å². The number of nitrogen functional groups attached to an aromatic ring is 2. The Hall–Kier alpha value is -1.64. The number of hydrogen-bond acceptors (Lipinski definition) is 3. The highest BCUT2D eigenvalue weighted by Gasteiger charge is 2.74. The zero-order chi connectivity index (χ0) is 34.8. The molecule has 1 aromatic rings. The van der Waals surface area contributed by atoms with Gasteiger partial charge in [0.2, 0.25) is 0 Å². The number of alkyl halides is 6. The summed E-state index contributed by atoms with van der Waals surface area (Å²) in [4.78, 5) is 0. The van der Waals surface area contributed by atoms with E-state index in [4.69, 9.17) is 11.5 Å². The molecule has 47 heavy (non-hydrogen) atoms. The Morgan fingerprint density at radius 2 is 1.53 bits per heavy atom. The smallest absolute Gasteiger partial charge is 0.399 e. The third kappa shape index (κ3) is 6.19. The number of rotatable bonds is 11. The van der Waals surface area contributed by atoms with Crippen molar-refractivity contribution in [2.24, 2.45) is 57.7 Å². The fraction of sp³-hybridized carbons (Fsp3) is 0.842. The van der Waals surface area contributed by atoms with Gasteiger partial charge in [-0.3, -0.25) is 0 Å². The Bertz CT molecular complexity index is 1270. The van der Waals surface area contributed by atoms with Crippen molar-refractivity contribution in [2.75, 3.05) is 18.1 Å². The molecule has 4 saturated carbocycles. The van der Waals surface area contributed by atoms with Crippen LogP contribution in [0.25, 0.3) is 0 Å². The zero-order valence-corrected chi connectivity index (χ0v) is 29.3. The van der Waals surface area contributed by atoms with E-state index in [1.54, 1.807) is 6.92 Å². The topological polar surface area (TPSA) is 61.3 Å². The van der Waals surface area contributed by atoms with E-state index in [-0.39, 0.29) is 5.69 Å². The first-order valence-electron chi connectivity index (χ1n) is 18.1. The van der Waals surface area contributed by atoms with Gasteiger partial charge < -0.3 is 16.2 Å². The van der Waals surface area contributed by atoms with E-state index in [2.05, 4.69) is 25.5 Å². The summed E-state index contributed by atoms with van der Waals surface area (Å²) in [5, 5.41) is 0. The molecule has 4 aliphatic carbocycles. The van der Waals surface area contributed by atoms with Gasteiger partial charge in [-0.25, -0.2) is 0 Å². The van der Waals surface area contributed by atoms with E-state index in [9.17, 15) is 26.3 Å². The second-order valence-electron chi connectivity index (χ2n) is 17.4. The fourth-order valence-electron chi connectivity index (χ4n) is 11.1. The minimum atomic E-state index is -5.84. The fourth-order valence-corrected chi connectivity index (χ4v) is 11.1. The van der Waals surface area contributed by atoms with Crippen molar-refractivity contribution in [3.05, 3.63) is 23.8 Å². The number of fused-ring (bicyclic) bond motifs is 5. The standard InChI is InChI=1S/C38H58F6N2O/c1-23(28-14-15-29-27-12-10-25-9-7-8-18-34(25,5)30(27)17-20-35(28,29)6)16-19-33(3,4)24(2)22-47-38(43,44)37(41,42)36(39,40)31-13-11-26(45)21-32(31)46/h11,13,21,23-25,27-30H,7-10,12,14-20,22,45-46H2,1-6H3/t23-,24?,25?,27+,28-,29+,30+,34+,35-/m1/s1. The van der Waals surface area contributed by atoms with Crippen molar-refractivity contribution in [1.82, 2.24) is 0 Å². The first-order chi connectivity index (χ1) is 21.7. The molecule has 9 heteroatoms. The summed E-state index contributed by atoms with van der Waals surface area (Å²) in [7, 11) is 0. The molecule has 0 aliphatic heterocycles. The average molecular weight is 673 g/mol. The lowest BCUT2D eigenvalue weighted by molar-refractivity contribution is -0.404. The van der Waals surface area contributed by atoms with Crippen LogP contribution < -0.4 is 11.5 Å². The Balaban J connectivity index is 1.18. The second kappa shape index (κ2) is 12.6. The molecule has 5 rings (SSSR count). The van der Waals surface area contributed by atoms with Crippen LogP contribution in [0.15, 0.2) is 18.2 Å². The van der Waals surface area contributed by atoms with Gasteiger partial charge in [0.25, 0.3) is 0 Å². The highest BCUT2D eigenvalue weighted by Crippen LogP contribution is 2.68. The van der Waals surface area contributed by atoms with Crippen molar-refractivity contribution in [1.29, 1.82) is 0 Å². The van der Waals surface area contributed by atoms with Crippen LogP contribution in [-0.4, -0.2) is 18.6 Å². The molecule has 0 heterocycles. The second-order valence-corrected chi connectivity index (χ2v) is 17.4. The summed E-state index contributed by atoms with van der Waals surface area (Å²) < 4.78 is 93.2. The minimum Gasteiger partial charge on any atom is -0.399 e. The molecule has 268 valence electrons. The molecule has 9 atom stereocenters. The van der Waals surface area contributed by atoms with Crippen LogP contribution in [0.2, 0.25) is 0 Å². The molecular formula is C38H58F6N2O. The molecule has 0 bridgehead atoms. The summed E-state index contributed by atoms with van der Waals surface area (Å²) in [5.41, 5.74) is 8.93. The lowest BCUT2D eigenvalue weighted by atomic mass is 9.44. The first kappa shape index (κ1) is 36.6. The van der Waals surface area contributed by atoms with E-state index in [1.165, 1.54) is 64.2 Å². The van der Waals surface area contributed by atoms with E-state index in [1.807, 2.05) is 13.8 Å². The van der Waals surface area contributed by atoms with Crippen LogP contribution in [0.1, 0.15) is 124 Å². The van der Waals surface area contributed by atoms with Gasteiger partial charge in [0.15, 0.2) is 0 Å². The van der Waals surface area contributed by atoms with E-state index < -0.39 is 47.1 Å². The maximum absolute atomic E-state index is 14.8. The normalized spacial score (nSPS) is 34.7. The number of hydrogen-bond donors (Lipinski definition) is 2. The Labute approximate surface area is 278 Å². The number of benzene rings is 1. The van der Waals surface area contributed by atoms with Crippen molar-refractivity contribution in [2.45, 2.75) is 137 Å². The third-order valence-electron chi connectivity index (χ3n) is 14.6. The molecule has 2 unspecified atom stereocenters. The van der Waals surface area contributed by atoms with E-state index >= 15 is 0 Å². The van der Waals surface area contributed by atoms with Gasteiger partial charge in [-0.15, -0.1) is 0 Å². The third-order valence-corrected chi connectivity index (χ3v) is 14.6. The van der Waals surface area contributed by atoms with Gasteiger partial charge in [-0.05, 0) is 140 Å². The summed E-state index contributed by atoms with van der Waals surface area (Å²) >= 11 is 0. The Morgan fingerprint density at radius 1 is 0.851 bits per heavy atom. The molecule has 4 aliphatic rings. The van der Waals surface area contributed by atoms with Crippen LogP contribution >= 0.6 is 0 Å². The molecule has 3 nitrogen and oxygen atoms in total. The van der Waals surface area contributed by atoms with Crippen LogP contribution in [0.4, 0.5) is 37.7 Å². The molecule has 0 spiro atoms. The first-order valence-corrected chi connectivity index (χ1v) is 18.1. The Kier molecular flexibility index (Phi) is 9.82. The predicted molar refractivity (Wildman–Crippen MR) is 176 cm³/mol. The molecule has 0 amide bonds. The summed E-state index contributed by atoms with van der Waals surface area (Å²) in [6, 6.07) is 2.30. The van der Waals surface area contributed by atoms with Crippen molar-refractivity contribution < 1.29 is 31.1 Å². The molecule has 0 radical (unpaired) electrons. The average Bonchev–Trinajstić information content (AvgIpc) is 3.35. The largest absolute Gasteiger partial charge is 0.426 e. The van der Waals surface area contributed by atoms with Crippen LogP contribution in [0, 0.1) is 57.7 Å². The summed E-state index contributed by atoms with van der Waals surface area (Å²) in [6.07, 6.45) is 9.60. The predicted octanol–water partition coefficient (Wildman–Crippen LogP) is 11.3.